The molecule has 0 amide bonds. The zero-order valence-electron chi connectivity index (χ0n) is 7.26. The summed E-state index contributed by atoms with van der Waals surface area (Å²) in [4.78, 5) is 1.03. The van der Waals surface area contributed by atoms with Crippen molar-refractivity contribution in [1.82, 2.24) is 0 Å². The lowest BCUT2D eigenvalue weighted by atomic mass is 10.1. The van der Waals surface area contributed by atoms with Gasteiger partial charge in [0.15, 0.2) is 0 Å². The van der Waals surface area contributed by atoms with Crippen molar-refractivity contribution in [3.63, 3.8) is 0 Å². The normalized spacial score (nSPS) is 11.1. The predicted octanol–water partition coefficient (Wildman–Crippen LogP) is 3.89. The highest BCUT2D eigenvalue weighted by Crippen LogP contribution is 2.32. The Balaban J connectivity index is 2.73. The first-order valence-corrected chi connectivity index (χ1v) is 7.14. The van der Waals surface area contributed by atoms with E-state index in [4.69, 9.17) is 5.11 Å². The average Bonchev–Trinajstić information content (AvgIpc) is 2.60. The Bertz CT molecular complexity index is 466. The Kier molecular flexibility index (Phi) is 3.46. The van der Waals surface area contributed by atoms with E-state index in [-0.39, 0.29) is 6.61 Å². The minimum Gasteiger partial charge on any atom is -0.391 e. The van der Waals surface area contributed by atoms with E-state index < -0.39 is 0 Å². The van der Waals surface area contributed by atoms with Crippen LogP contribution >= 0.6 is 49.9 Å². The first-order chi connectivity index (χ1) is 6.76. The van der Waals surface area contributed by atoms with Crippen LogP contribution in [0.3, 0.4) is 0 Å². The van der Waals surface area contributed by atoms with Crippen molar-refractivity contribution < 1.29 is 5.11 Å². The highest BCUT2D eigenvalue weighted by Gasteiger charge is 2.07. The Morgan fingerprint density at radius 1 is 1.43 bits per heavy atom. The number of hydrogen-bond donors (Lipinski definition) is 1. The summed E-state index contributed by atoms with van der Waals surface area (Å²) < 4.78 is 2.53. The van der Waals surface area contributed by atoms with Gasteiger partial charge in [-0.25, -0.2) is 0 Å². The largest absolute Gasteiger partial charge is 0.391 e. The molecule has 4 heteroatoms. The summed E-state index contributed by atoms with van der Waals surface area (Å²) >= 11 is 7.50. The molecule has 0 atom stereocenters. The highest BCUT2D eigenvalue weighted by molar-refractivity contribution is 14.1. The van der Waals surface area contributed by atoms with Crippen molar-refractivity contribution in [3.05, 3.63) is 32.2 Å². The number of aliphatic hydroxyl groups excluding tert-OH is 1. The molecule has 1 aromatic carbocycles. The van der Waals surface area contributed by atoms with Crippen LogP contribution in [0.1, 0.15) is 10.4 Å². The molecule has 1 nitrogen and oxygen atoms in total. The predicted molar refractivity (Wildman–Crippen MR) is 73.1 cm³/mol. The van der Waals surface area contributed by atoms with Gasteiger partial charge in [0.2, 0.25) is 0 Å². The second-order valence-corrected chi connectivity index (χ2v) is 5.83. The molecule has 0 aliphatic heterocycles. The standard InChI is InChI=1S/C10H8BrIOS/c11-4-8-7-3-6(5-13)14-10(7)2-1-9(8)12/h1-3,13H,4-5H2. The zero-order chi connectivity index (χ0) is 10.1. The Labute approximate surface area is 108 Å². The molecule has 2 rings (SSSR count). The number of alkyl halides is 1. The molecule has 0 bridgehead atoms. The maximum Gasteiger partial charge on any atom is 0.0774 e. The van der Waals surface area contributed by atoms with Crippen molar-refractivity contribution in [2.45, 2.75) is 11.9 Å². The van der Waals surface area contributed by atoms with Crippen molar-refractivity contribution in [1.29, 1.82) is 0 Å². The molecule has 1 aromatic heterocycles. The molecule has 0 saturated heterocycles. The van der Waals surface area contributed by atoms with Crippen LogP contribution in [0.15, 0.2) is 18.2 Å². The maximum absolute atomic E-state index is 9.07. The molecule has 0 unspecified atom stereocenters. The summed E-state index contributed by atoms with van der Waals surface area (Å²) in [5.41, 5.74) is 1.32. The minimum absolute atomic E-state index is 0.137. The lowest BCUT2D eigenvalue weighted by Gasteiger charge is -2.01. The lowest BCUT2D eigenvalue weighted by Crippen LogP contribution is -1.83. The Hall–Kier alpha value is 0.350. The first-order valence-electron chi connectivity index (χ1n) is 4.13. The fraction of sp³-hybridized carbons (Fsp3) is 0.200. The van der Waals surface area contributed by atoms with E-state index in [1.165, 1.54) is 19.2 Å². The topological polar surface area (TPSA) is 20.2 Å². The number of fused-ring (bicyclic) bond motifs is 1. The molecule has 0 spiro atoms. The summed E-state index contributed by atoms with van der Waals surface area (Å²) in [6.07, 6.45) is 0. The number of thiophene rings is 1. The number of halogens is 2. The monoisotopic (exact) mass is 382 g/mol. The lowest BCUT2D eigenvalue weighted by molar-refractivity contribution is 0.285. The molecule has 0 fully saturated rings. The summed E-state index contributed by atoms with van der Waals surface area (Å²) in [5.74, 6) is 0. The van der Waals surface area contributed by atoms with E-state index in [9.17, 15) is 0 Å². The van der Waals surface area contributed by atoms with Crippen molar-refractivity contribution in [2.75, 3.05) is 0 Å². The van der Waals surface area contributed by atoms with Gasteiger partial charge in [0.1, 0.15) is 0 Å². The molecule has 2 aromatic rings. The van der Waals surface area contributed by atoms with Crippen LogP contribution in [0, 0.1) is 3.57 Å². The fourth-order valence-corrected chi connectivity index (χ4v) is 4.15. The molecule has 1 N–H and O–H groups in total. The van der Waals surface area contributed by atoms with E-state index >= 15 is 0 Å². The second kappa shape index (κ2) is 4.47. The summed E-state index contributed by atoms with van der Waals surface area (Å²) in [6.45, 7) is 0.137. The van der Waals surface area contributed by atoms with E-state index in [1.54, 1.807) is 11.3 Å². The maximum atomic E-state index is 9.07. The van der Waals surface area contributed by atoms with Gasteiger partial charge in [-0.1, -0.05) is 15.9 Å². The summed E-state index contributed by atoms with van der Waals surface area (Å²) in [5, 5.41) is 11.2. The van der Waals surface area contributed by atoms with Crippen molar-refractivity contribution in [2.24, 2.45) is 0 Å². The first kappa shape index (κ1) is 10.9. The molecular weight excluding hydrogens is 375 g/mol. The Morgan fingerprint density at radius 3 is 2.86 bits per heavy atom. The summed E-state index contributed by atoms with van der Waals surface area (Å²) in [7, 11) is 0. The number of aliphatic hydroxyl groups is 1. The van der Waals surface area contributed by atoms with Crippen LogP contribution in [-0.4, -0.2) is 5.11 Å². The van der Waals surface area contributed by atoms with E-state index in [0.29, 0.717) is 0 Å². The molecule has 0 aliphatic carbocycles. The Morgan fingerprint density at radius 2 is 2.21 bits per heavy atom. The fourth-order valence-electron chi connectivity index (χ4n) is 1.41. The molecule has 1 heterocycles. The average molecular weight is 383 g/mol. The molecule has 0 aliphatic rings. The molecule has 0 radical (unpaired) electrons. The van der Waals surface area contributed by atoms with E-state index in [1.807, 2.05) is 0 Å². The molecule has 74 valence electrons. The third kappa shape index (κ3) is 1.85. The van der Waals surface area contributed by atoms with Gasteiger partial charge in [0.25, 0.3) is 0 Å². The van der Waals surface area contributed by atoms with Gasteiger partial charge in [0, 0.05) is 18.5 Å². The quantitative estimate of drug-likeness (QED) is 0.617. The number of rotatable bonds is 2. The minimum atomic E-state index is 0.137. The van der Waals surface area contributed by atoms with Crippen LogP contribution in [0.5, 0.6) is 0 Å². The third-order valence-corrected chi connectivity index (χ3v) is 4.75. The zero-order valence-corrected chi connectivity index (χ0v) is 11.8. The van der Waals surface area contributed by atoms with Crippen LogP contribution < -0.4 is 0 Å². The van der Waals surface area contributed by atoms with Crippen molar-refractivity contribution >= 4 is 59.9 Å². The number of hydrogen-bond acceptors (Lipinski definition) is 2. The van der Waals surface area contributed by atoms with E-state index in [0.717, 1.165) is 10.2 Å². The van der Waals surface area contributed by atoms with Gasteiger partial charge in [-0.05, 0) is 51.7 Å². The molecular formula is C10H8BrIOS. The van der Waals surface area contributed by atoms with Gasteiger partial charge in [0.05, 0.1) is 6.61 Å². The van der Waals surface area contributed by atoms with Gasteiger partial charge >= 0.3 is 0 Å². The van der Waals surface area contributed by atoms with Crippen LogP contribution in [0.4, 0.5) is 0 Å². The van der Waals surface area contributed by atoms with Gasteiger partial charge in [-0.15, -0.1) is 11.3 Å². The third-order valence-electron chi connectivity index (χ3n) is 2.10. The smallest absolute Gasteiger partial charge is 0.0774 e. The van der Waals surface area contributed by atoms with Gasteiger partial charge < -0.3 is 5.11 Å². The molecule has 14 heavy (non-hydrogen) atoms. The van der Waals surface area contributed by atoms with Gasteiger partial charge in [-0.2, -0.15) is 0 Å². The molecule has 0 saturated carbocycles. The van der Waals surface area contributed by atoms with Crippen LogP contribution in [-0.2, 0) is 11.9 Å². The van der Waals surface area contributed by atoms with Gasteiger partial charge in [-0.3, -0.25) is 0 Å². The second-order valence-electron chi connectivity index (χ2n) is 2.94. The van der Waals surface area contributed by atoms with E-state index in [2.05, 4.69) is 56.7 Å². The summed E-state index contributed by atoms with van der Waals surface area (Å²) in [6, 6.07) is 6.32. The van der Waals surface area contributed by atoms with Crippen molar-refractivity contribution in [3.8, 4) is 0 Å². The number of benzene rings is 1. The van der Waals surface area contributed by atoms with Crippen LogP contribution in [0.2, 0.25) is 0 Å². The highest BCUT2D eigenvalue weighted by atomic mass is 127. The SMILES string of the molecule is OCc1cc2c(CBr)c(I)ccc2s1. The van der Waals surface area contributed by atoms with Crippen LogP contribution in [0.25, 0.3) is 10.1 Å².